The molecule has 7 heterocycles. The molecule has 7 aromatic carbocycles. The van der Waals surface area contributed by atoms with E-state index >= 15 is 19.2 Å². The number of aliphatic hydroxyl groups is 6. The van der Waals surface area contributed by atoms with E-state index in [1.165, 1.54) is 39.1 Å². The van der Waals surface area contributed by atoms with Crippen LogP contribution in [-0.2, 0) is 52.6 Å². The molecule has 0 aliphatic carbocycles. The van der Waals surface area contributed by atoms with E-state index < -0.39 is 243 Å². The average molecular weight is 1680 g/mol. The van der Waals surface area contributed by atoms with Crippen LogP contribution in [0.4, 0.5) is 0 Å². The highest BCUT2D eigenvalue weighted by atomic mass is 35.5. The lowest BCUT2D eigenvalue weighted by Gasteiger charge is -2.47. The molecule has 7 aliphatic heterocycles. The molecule has 0 spiro atoms. The Kier molecular flexibility index (Phi) is 26.6. The Morgan fingerprint density at radius 3 is 1.96 bits per heavy atom. The molecule has 37 heteroatoms. The topological polar surface area (TPSA) is 551 Å². The monoisotopic (exact) mass is 1680 g/mol. The zero-order valence-corrected chi connectivity index (χ0v) is 66.0. The second kappa shape index (κ2) is 36.4. The lowest BCUT2D eigenvalue weighted by molar-refractivity contribution is -0.333. The third kappa shape index (κ3) is 19.2. The number of terminal acetylenes is 1. The zero-order valence-electron chi connectivity index (χ0n) is 64.4. The van der Waals surface area contributed by atoms with Crippen molar-refractivity contribution in [2.24, 2.45) is 17.4 Å². The van der Waals surface area contributed by atoms with Crippen molar-refractivity contribution < 1.29 is 118 Å². The molecule has 2 saturated heterocycles. The zero-order chi connectivity index (χ0) is 85.9. The van der Waals surface area contributed by atoms with Gasteiger partial charge in [0.15, 0.2) is 23.9 Å². The van der Waals surface area contributed by atoms with Crippen LogP contribution in [0.2, 0.25) is 10.0 Å². The first-order chi connectivity index (χ1) is 56.5. The third-order valence-electron chi connectivity index (χ3n) is 21.0. The third-order valence-corrected chi connectivity index (χ3v) is 21.6. The summed E-state index contributed by atoms with van der Waals surface area (Å²) in [5.74, 6) is -13.0. The van der Waals surface area contributed by atoms with E-state index in [1.807, 2.05) is 13.8 Å². The lowest BCUT2D eigenvalue weighted by atomic mass is 9.86. The normalized spacial score (nSPS) is 26.6. The van der Waals surface area contributed by atoms with Crippen molar-refractivity contribution in [2.75, 3.05) is 26.7 Å². The molecule has 14 rings (SSSR count). The van der Waals surface area contributed by atoms with Gasteiger partial charge in [0, 0.05) is 53.4 Å². The van der Waals surface area contributed by atoms with E-state index in [4.69, 9.17) is 69.5 Å². The summed E-state index contributed by atoms with van der Waals surface area (Å²) in [5, 5.41) is 130. The Morgan fingerprint density at radius 2 is 1.32 bits per heavy atom. The molecule has 2 fully saturated rings. The number of carbonyl (C=O) groups excluding carboxylic acids is 9. The molecular formula is C82H89Cl2N11O24. The number of phenolic OH excluding ortho intramolecular Hbond substituents is 3. The van der Waals surface area contributed by atoms with Crippen LogP contribution in [0.5, 0.6) is 46.0 Å². The number of likely N-dealkylation sites (N-methyl/N-ethyl adjacent to an activating group) is 1. The summed E-state index contributed by atoms with van der Waals surface area (Å²) in [4.78, 5) is 134. The van der Waals surface area contributed by atoms with Gasteiger partial charge in [0.1, 0.15) is 95.5 Å². The Bertz CT molecular complexity index is 5170. The van der Waals surface area contributed by atoms with Crippen LogP contribution in [0.25, 0.3) is 21.9 Å². The number of benzene rings is 7. The van der Waals surface area contributed by atoms with Gasteiger partial charge in [-0.2, -0.15) is 0 Å². The quantitative estimate of drug-likeness (QED) is 0.0432. The highest BCUT2D eigenvalue weighted by Crippen LogP contribution is 2.50. The number of carbonyl (C=O) groups is 9. The number of phenols is 3. The number of aromatic hydroxyl groups is 3. The maximum Gasteiger partial charge on any atom is 0.251 e. The van der Waals surface area contributed by atoms with Crippen LogP contribution in [0, 0.1) is 18.3 Å². The van der Waals surface area contributed by atoms with E-state index in [0.29, 0.717) is 11.1 Å². The highest BCUT2D eigenvalue weighted by molar-refractivity contribution is 6.32. The fraction of sp³-hybridized carbons (Fsp3) is 0.378. The van der Waals surface area contributed by atoms with Crippen molar-refractivity contribution in [1.82, 2.24) is 47.9 Å². The molecule has 0 aromatic heterocycles. The molecule has 35 nitrogen and oxygen atoms in total. The van der Waals surface area contributed by atoms with Gasteiger partial charge in [-0.3, -0.25) is 43.2 Å². The summed E-state index contributed by atoms with van der Waals surface area (Å²) in [6, 6.07) is 10.2. The molecule has 0 saturated carbocycles. The Morgan fingerprint density at radius 1 is 0.689 bits per heavy atom. The number of hydrogen-bond acceptors (Lipinski definition) is 26. The first-order valence-corrected chi connectivity index (χ1v) is 38.6. The summed E-state index contributed by atoms with van der Waals surface area (Å²) in [7, 11) is 1.47. The number of ether oxygens (including phenoxy) is 6. The molecule has 7 aromatic rings. The van der Waals surface area contributed by atoms with Crippen LogP contribution in [-0.4, -0.2) is 205 Å². The number of rotatable bonds is 18. The molecule has 18 atom stereocenters. The van der Waals surface area contributed by atoms with Gasteiger partial charge in [-0.05, 0) is 157 Å². The summed E-state index contributed by atoms with van der Waals surface area (Å²) in [5.41, 5.74) is 9.33. The van der Waals surface area contributed by atoms with E-state index in [1.54, 1.807) is 36.4 Å². The number of aliphatic hydroxyl groups excluding tert-OH is 6. The van der Waals surface area contributed by atoms with Crippen molar-refractivity contribution >= 4 is 87.1 Å². The maximum absolute atomic E-state index is 16.3. The number of nitrogens with one attached hydrogen (secondary N) is 9. The number of fused-ring (bicyclic) bond motifs is 16. The Hall–Kier alpha value is -11.5. The SMILES string of the molecule is C#Cc1ccc2cc(C(=O)NCCCNC(=O)C3NC(=O)C4NC(=O)C(NC(=O)C5NC(=O)C(CC(N)=O)NC(=O)C(NC(=O)C(CC(C)C)NC)C(O)c6ccc(c(Cl)c6)Oc6cc5cc(c6OC5OC(CO)C(O)C(O)C5OC5CC(C)(N)C(O)C(C)O5)Oc5ccc(cc5Cl)C4O)c4ccc(O)c(c4)-c4c(O)cc(O)cc43)ccc2c1. The lowest BCUT2D eigenvalue weighted by Crippen LogP contribution is -2.64. The predicted molar refractivity (Wildman–Crippen MR) is 423 cm³/mol. The van der Waals surface area contributed by atoms with Gasteiger partial charge in [0.2, 0.25) is 59.3 Å². The summed E-state index contributed by atoms with van der Waals surface area (Å²) in [6.07, 6.45) is -13.1. The molecule has 119 heavy (non-hydrogen) atoms. The molecule has 0 radical (unpaired) electrons. The van der Waals surface area contributed by atoms with Crippen LogP contribution < -0.4 is 73.5 Å². The van der Waals surface area contributed by atoms with Crippen molar-refractivity contribution in [3.63, 3.8) is 0 Å². The molecule has 9 amide bonds. The van der Waals surface area contributed by atoms with Gasteiger partial charge in [-0.1, -0.05) is 73.3 Å². The summed E-state index contributed by atoms with van der Waals surface area (Å²) >= 11 is 14.3. The number of primary amides is 1. The van der Waals surface area contributed by atoms with Gasteiger partial charge in [-0.25, -0.2) is 0 Å². The number of halogens is 2. The van der Waals surface area contributed by atoms with Crippen LogP contribution in [0.1, 0.15) is 127 Å². The van der Waals surface area contributed by atoms with Gasteiger partial charge in [0.25, 0.3) is 5.91 Å². The number of hydrogen-bond donors (Lipinski definition) is 20. The minimum atomic E-state index is -2.37. The van der Waals surface area contributed by atoms with Crippen LogP contribution >= 0.6 is 23.2 Å². The number of nitrogens with two attached hydrogens (primary N) is 2. The minimum Gasteiger partial charge on any atom is -0.508 e. The fourth-order valence-corrected chi connectivity index (χ4v) is 15.1. The fourth-order valence-electron chi connectivity index (χ4n) is 14.7. The van der Waals surface area contributed by atoms with Gasteiger partial charge >= 0.3 is 0 Å². The Labute approximate surface area is 689 Å². The van der Waals surface area contributed by atoms with Gasteiger partial charge < -0.3 is 134 Å². The smallest absolute Gasteiger partial charge is 0.251 e. The van der Waals surface area contributed by atoms with Crippen molar-refractivity contribution in [3.05, 3.63) is 164 Å². The van der Waals surface area contributed by atoms with Crippen LogP contribution in [0.15, 0.2) is 115 Å². The standard InChI is InChI=1S/C82H89Cl2N11O24/c1-7-36-9-10-38-23-42(12-11-37(38)22-36)73(106)88-19-8-20-89-76(109)63-46-29-44(97)30-52(99)60(46)45-24-39(13-16-51(45)98)61-77(110)95-65(80(113)93-63)67(102)41-15-18-54(48(84)26-41)116-56-28-43-27-55(70(56)119-81-71(69(104)68(103)57(33-96)117-81)118-59-32-82(5,86)72(105)35(4)114-59)115-53-17-14-40(25-47(53)83)66(101)64(94-74(107)49(87-6)21-34(2)3)79(112)90-50(31-58(85)100)75(108)91-62(43)78(111)92-61/h1,9-18,22-30,34-35,49-50,57,59,61-69,71-72,81,87,96-99,101-105H,8,19-21,31-33,86H2,2-6H3,(H2,85,100)(H,88,106)(H,89,109)(H,90,112)(H,91,108)(H,92,111)(H,93,113)(H,94,107)(H,95,110). The largest absolute Gasteiger partial charge is 0.508 e. The molecule has 630 valence electrons. The predicted octanol–water partition coefficient (Wildman–Crippen LogP) is 2.09. The van der Waals surface area contributed by atoms with E-state index in [9.17, 15) is 69.9 Å². The van der Waals surface area contributed by atoms with Crippen molar-refractivity contribution in [2.45, 2.75) is 163 Å². The van der Waals surface area contributed by atoms with E-state index in [-0.39, 0.29) is 65.7 Å². The number of amides is 9. The molecule has 22 N–H and O–H groups in total. The second-order valence-corrected chi connectivity index (χ2v) is 31.0. The first-order valence-electron chi connectivity index (χ1n) is 37.8. The van der Waals surface area contributed by atoms with Gasteiger partial charge in [0.05, 0.1) is 41.3 Å². The van der Waals surface area contributed by atoms with Crippen molar-refractivity contribution in [3.8, 4) is 69.5 Å². The van der Waals surface area contributed by atoms with Crippen molar-refractivity contribution in [1.29, 1.82) is 0 Å². The minimum absolute atomic E-state index is 0.0208. The first kappa shape index (κ1) is 86.9. The van der Waals surface area contributed by atoms with E-state index in [0.717, 1.165) is 71.4 Å². The van der Waals surface area contributed by atoms with Crippen LogP contribution in [0.3, 0.4) is 0 Å². The highest BCUT2D eigenvalue weighted by Gasteiger charge is 2.52. The average Bonchev–Trinajstić information content (AvgIpc) is 0.764. The molecular weight excluding hydrogens is 1590 g/mol. The molecule has 11 bridgehead atoms. The van der Waals surface area contributed by atoms with Gasteiger partial charge in [-0.15, -0.1) is 6.42 Å². The molecule has 7 aliphatic rings. The second-order valence-electron chi connectivity index (χ2n) is 30.2. The Balaban J connectivity index is 1.01. The van der Waals surface area contributed by atoms with E-state index in [2.05, 4.69) is 53.8 Å². The maximum atomic E-state index is 16.3. The summed E-state index contributed by atoms with van der Waals surface area (Å²) in [6.45, 7) is 5.42. The summed E-state index contributed by atoms with van der Waals surface area (Å²) < 4.78 is 38.7. The molecule has 18 unspecified atom stereocenters.